The topological polar surface area (TPSA) is 80.6 Å². The molecule has 1 aliphatic rings. The average molecular weight is 376 g/mol. The van der Waals surface area contributed by atoms with Crippen LogP contribution in [0.3, 0.4) is 0 Å². The summed E-state index contributed by atoms with van der Waals surface area (Å²) >= 11 is -2.01. The van der Waals surface area contributed by atoms with Gasteiger partial charge in [-0.1, -0.05) is 0 Å². The van der Waals surface area contributed by atoms with Gasteiger partial charge in [0.1, 0.15) is 5.75 Å². The Bertz CT molecular complexity index is 874. The number of hydrogen-bond acceptors (Lipinski definition) is 3. The van der Waals surface area contributed by atoms with Crippen LogP contribution in [0.1, 0.15) is 24.0 Å². The Morgan fingerprint density at radius 3 is 2.77 bits per heavy atom. The van der Waals surface area contributed by atoms with Crippen LogP contribution in [0, 0.1) is 12.8 Å². The van der Waals surface area contributed by atoms with Crippen molar-refractivity contribution in [2.24, 2.45) is 13.0 Å². The zero-order valence-electron chi connectivity index (χ0n) is 15.0. The van der Waals surface area contributed by atoms with Crippen molar-refractivity contribution >= 4 is 11.3 Å². The Hall–Kier alpha value is -1.96. The molecule has 2 N–H and O–H groups in total. The average Bonchev–Trinajstić information content (AvgIpc) is 3.41. The Kier molecular flexibility index (Phi) is 5.90. The molecule has 0 saturated heterocycles. The lowest BCUT2D eigenvalue weighted by atomic mass is 9.97. The molecule has 6 nitrogen and oxygen atoms in total. The van der Waals surface area contributed by atoms with Crippen LogP contribution in [0.2, 0.25) is 0 Å². The summed E-state index contributed by atoms with van der Waals surface area (Å²) in [5.41, 5.74) is 3.95. The van der Waals surface area contributed by atoms with Crippen LogP contribution < -0.4 is 15.0 Å². The molecule has 0 amide bonds. The van der Waals surface area contributed by atoms with Crippen molar-refractivity contribution in [2.45, 2.75) is 26.2 Å². The van der Waals surface area contributed by atoms with Gasteiger partial charge in [0.2, 0.25) is 16.8 Å². The Morgan fingerprint density at radius 1 is 1.35 bits per heavy atom. The van der Waals surface area contributed by atoms with Gasteiger partial charge in [-0.05, 0) is 61.4 Å². The van der Waals surface area contributed by atoms with Crippen LogP contribution in [0.15, 0.2) is 35.3 Å². The summed E-state index contributed by atoms with van der Waals surface area (Å²) in [5, 5.41) is 0. The maximum Gasteiger partial charge on any atom is 0.250 e. The lowest BCUT2D eigenvalue weighted by Crippen LogP contribution is -2.19. The summed E-state index contributed by atoms with van der Waals surface area (Å²) in [6.45, 7) is 3.13. The van der Waals surface area contributed by atoms with Gasteiger partial charge in [-0.15, -0.1) is 0 Å². The predicted molar refractivity (Wildman–Crippen MR) is 103 cm³/mol. The summed E-state index contributed by atoms with van der Waals surface area (Å²) < 4.78 is 29.8. The first-order valence-electron chi connectivity index (χ1n) is 8.72. The van der Waals surface area contributed by atoms with Gasteiger partial charge in [0.15, 0.2) is 0 Å². The molecule has 3 rings (SSSR count). The van der Waals surface area contributed by atoms with Gasteiger partial charge in [0, 0.05) is 37.0 Å². The van der Waals surface area contributed by atoms with Gasteiger partial charge >= 0.3 is 0 Å². The third kappa shape index (κ3) is 4.81. The highest BCUT2D eigenvalue weighted by atomic mass is 32.2. The molecule has 26 heavy (non-hydrogen) atoms. The van der Waals surface area contributed by atoms with E-state index in [4.69, 9.17) is 9.29 Å². The Balaban J connectivity index is 1.94. The van der Waals surface area contributed by atoms with Gasteiger partial charge in [0.05, 0.1) is 6.61 Å². The molecule has 7 heteroatoms. The first-order chi connectivity index (χ1) is 12.4. The smallest absolute Gasteiger partial charge is 0.250 e. The van der Waals surface area contributed by atoms with E-state index >= 15 is 0 Å². The largest absolute Gasteiger partial charge is 0.493 e. The molecule has 0 radical (unpaired) electrons. The second kappa shape index (κ2) is 8.16. The van der Waals surface area contributed by atoms with E-state index in [9.17, 15) is 9.00 Å². The summed E-state index contributed by atoms with van der Waals surface area (Å²) in [5.74, 6) is 1.46. The predicted octanol–water partition coefficient (Wildman–Crippen LogP) is 2.42. The normalized spacial score (nSPS) is 15.0. The van der Waals surface area contributed by atoms with Crippen molar-refractivity contribution in [3.8, 4) is 16.9 Å². The van der Waals surface area contributed by atoms with Crippen LogP contribution in [0.4, 0.5) is 0 Å². The van der Waals surface area contributed by atoms with Crippen LogP contribution >= 0.6 is 0 Å². The molecular weight excluding hydrogens is 352 g/mol. The monoisotopic (exact) mass is 376 g/mol. The zero-order valence-corrected chi connectivity index (χ0v) is 15.8. The SMILES string of the molecule is Cc1cc(OCC2CC2)c(-c2ccc(=O)n(C)c2)cc1CCNS(=O)O. The number of aryl methyl sites for hydroxylation is 2. The quantitative estimate of drug-likeness (QED) is 0.694. The van der Waals surface area contributed by atoms with E-state index in [1.54, 1.807) is 17.7 Å². The number of hydrogen-bond donors (Lipinski definition) is 2. The first kappa shape index (κ1) is 18.8. The molecule has 1 atom stereocenters. The maximum absolute atomic E-state index is 11.7. The minimum absolute atomic E-state index is 0.0591. The number of benzene rings is 1. The molecular formula is C19H24N2O4S. The van der Waals surface area contributed by atoms with E-state index in [1.807, 2.05) is 25.3 Å². The van der Waals surface area contributed by atoms with E-state index in [1.165, 1.54) is 12.8 Å². The molecule has 1 heterocycles. The fourth-order valence-corrected chi connectivity index (χ4v) is 3.14. The van der Waals surface area contributed by atoms with Crippen molar-refractivity contribution in [3.05, 3.63) is 51.9 Å². The number of pyridine rings is 1. The van der Waals surface area contributed by atoms with Crippen LogP contribution in [-0.4, -0.2) is 26.5 Å². The van der Waals surface area contributed by atoms with Crippen LogP contribution in [0.5, 0.6) is 5.75 Å². The Labute approximate surface area is 155 Å². The van der Waals surface area contributed by atoms with Gasteiger partial charge in [-0.2, -0.15) is 0 Å². The maximum atomic E-state index is 11.7. The number of nitrogens with one attached hydrogen (secondary N) is 1. The number of nitrogens with zero attached hydrogens (tertiary/aromatic N) is 1. The van der Waals surface area contributed by atoms with Crippen LogP contribution in [-0.2, 0) is 24.7 Å². The van der Waals surface area contributed by atoms with E-state index in [-0.39, 0.29) is 5.56 Å². The molecule has 2 aromatic rings. The number of rotatable bonds is 8. The van der Waals surface area contributed by atoms with E-state index in [2.05, 4.69) is 10.8 Å². The number of ether oxygens (including phenoxy) is 1. The lowest BCUT2D eigenvalue weighted by molar-refractivity contribution is 0.300. The zero-order chi connectivity index (χ0) is 18.7. The third-order valence-corrected chi connectivity index (χ3v) is 5.08. The molecule has 1 aromatic carbocycles. The Morgan fingerprint density at radius 2 is 2.12 bits per heavy atom. The van der Waals surface area contributed by atoms with Crippen LogP contribution in [0.25, 0.3) is 11.1 Å². The van der Waals surface area contributed by atoms with E-state index in [0.717, 1.165) is 28.0 Å². The highest BCUT2D eigenvalue weighted by Gasteiger charge is 2.23. The fourth-order valence-electron chi connectivity index (χ4n) is 2.86. The minimum Gasteiger partial charge on any atom is -0.493 e. The van der Waals surface area contributed by atoms with E-state index in [0.29, 0.717) is 25.5 Å². The molecule has 1 aliphatic carbocycles. The highest BCUT2D eigenvalue weighted by Crippen LogP contribution is 2.35. The molecule has 1 fully saturated rings. The minimum atomic E-state index is -2.01. The second-order valence-electron chi connectivity index (χ2n) is 6.79. The molecule has 0 spiro atoms. The molecule has 1 aromatic heterocycles. The fraction of sp³-hybridized carbons (Fsp3) is 0.421. The molecule has 1 unspecified atom stereocenters. The van der Waals surface area contributed by atoms with Crippen molar-refractivity contribution in [3.63, 3.8) is 0 Å². The highest BCUT2D eigenvalue weighted by molar-refractivity contribution is 7.77. The molecule has 0 bridgehead atoms. The van der Waals surface area contributed by atoms with E-state index < -0.39 is 11.3 Å². The standard InChI is InChI=1S/C19H24N2O4S/c1-13-9-18(25-12-14-3-4-14)17(10-15(13)7-8-20-26(23)24)16-5-6-19(22)21(2)11-16/h5-6,9-11,14,20H,3-4,7-8,12H2,1-2H3,(H,23,24). The lowest BCUT2D eigenvalue weighted by Gasteiger charge is -2.16. The molecule has 0 aliphatic heterocycles. The van der Waals surface area contributed by atoms with Gasteiger partial charge < -0.3 is 9.30 Å². The first-order valence-corrected chi connectivity index (χ1v) is 9.82. The molecule has 140 valence electrons. The van der Waals surface area contributed by atoms with Gasteiger partial charge in [-0.25, -0.2) is 8.93 Å². The van der Waals surface area contributed by atoms with Crippen molar-refractivity contribution in [2.75, 3.05) is 13.2 Å². The van der Waals surface area contributed by atoms with Gasteiger partial charge in [-0.3, -0.25) is 9.35 Å². The third-order valence-electron chi connectivity index (χ3n) is 4.63. The number of aromatic nitrogens is 1. The summed E-state index contributed by atoms with van der Waals surface area (Å²) in [7, 11) is 1.73. The van der Waals surface area contributed by atoms with Crippen molar-refractivity contribution < 1.29 is 13.5 Å². The summed E-state index contributed by atoms with van der Waals surface area (Å²) in [6.07, 6.45) is 4.87. The molecule has 1 saturated carbocycles. The summed E-state index contributed by atoms with van der Waals surface area (Å²) in [6, 6.07) is 7.44. The van der Waals surface area contributed by atoms with Gasteiger partial charge in [0.25, 0.3) is 0 Å². The van der Waals surface area contributed by atoms with Crippen molar-refractivity contribution in [1.82, 2.24) is 9.29 Å². The summed E-state index contributed by atoms with van der Waals surface area (Å²) in [4.78, 5) is 11.7. The second-order valence-corrected chi connectivity index (χ2v) is 7.58. The van der Waals surface area contributed by atoms with Crippen molar-refractivity contribution in [1.29, 1.82) is 0 Å².